The van der Waals surface area contributed by atoms with E-state index < -0.39 is 10.0 Å². The van der Waals surface area contributed by atoms with E-state index in [0.29, 0.717) is 5.69 Å². The van der Waals surface area contributed by atoms with Crippen molar-refractivity contribution < 1.29 is 13.2 Å². The van der Waals surface area contributed by atoms with Gasteiger partial charge in [-0.2, -0.15) is 0 Å². The summed E-state index contributed by atoms with van der Waals surface area (Å²) in [5.74, 6) is -0.129. The van der Waals surface area contributed by atoms with Crippen LogP contribution in [0.5, 0.6) is 0 Å². The first-order chi connectivity index (χ1) is 8.78. The molecule has 5 nitrogen and oxygen atoms in total. The van der Waals surface area contributed by atoms with E-state index in [-0.39, 0.29) is 16.7 Å². The van der Waals surface area contributed by atoms with Gasteiger partial charge in [0, 0.05) is 25.7 Å². The van der Waals surface area contributed by atoms with Crippen molar-refractivity contribution in [2.45, 2.75) is 25.2 Å². The van der Waals surface area contributed by atoms with Crippen molar-refractivity contribution in [1.29, 1.82) is 0 Å². The Morgan fingerprint density at radius 3 is 2.21 bits per heavy atom. The third-order valence-corrected chi connectivity index (χ3v) is 4.79. The number of sulfonamides is 1. The molecule has 0 aliphatic rings. The lowest BCUT2D eigenvalue weighted by Crippen LogP contribution is -2.22. The number of carbonyl (C=O) groups excluding carboxylic acids is 1. The fourth-order valence-corrected chi connectivity index (χ4v) is 2.27. The maximum Gasteiger partial charge on any atom is 0.242 e. The van der Waals surface area contributed by atoms with Gasteiger partial charge in [0.1, 0.15) is 0 Å². The fraction of sp³-hybridized carbons (Fsp3) is 0.462. The highest BCUT2D eigenvalue weighted by Gasteiger charge is 2.17. The minimum atomic E-state index is -3.42. The molecule has 0 heterocycles. The van der Waals surface area contributed by atoms with E-state index in [0.717, 1.165) is 10.7 Å². The summed E-state index contributed by atoms with van der Waals surface area (Å²) >= 11 is 0. The number of rotatable bonds is 5. The Balaban J connectivity index is 2.86. The summed E-state index contributed by atoms with van der Waals surface area (Å²) in [6, 6.07) is 6.16. The second kappa shape index (κ2) is 6.16. The van der Waals surface area contributed by atoms with E-state index in [1.165, 1.54) is 26.2 Å². The molecule has 1 aromatic carbocycles. The molecule has 1 amide bonds. The topological polar surface area (TPSA) is 66.5 Å². The Labute approximate surface area is 114 Å². The summed E-state index contributed by atoms with van der Waals surface area (Å²) in [6.07, 6.45) is 0.763. The van der Waals surface area contributed by atoms with Gasteiger partial charge in [-0.3, -0.25) is 4.79 Å². The van der Waals surface area contributed by atoms with E-state index in [1.807, 2.05) is 13.8 Å². The number of anilines is 1. The molecule has 0 aliphatic carbocycles. The summed E-state index contributed by atoms with van der Waals surface area (Å²) in [7, 11) is -0.462. The number of hydrogen-bond acceptors (Lipinski definition) is 3. The predicted molar refractivity (Wildman–Crippen MR) is 75.4 cm³/mol. The second-order valence-electron chi connectivity index (χ2n) is 4.61. The van der Waals surface area contributed by atoms with Crippen LogP contribution in [0.1, 0.15) is 20.3 Å². The lowest BCUT2D eigenvalue weighted by atomic mass is 10.1. The minimum absolute atomic E-state index is 0.0642. The van der Waals surface area contributed by atoms with Gasteiger partial charge in [-0.1, -0.05) is 13.8 Å². The van der Waals surface area contributed by atoms with Crippen molar-refractivity contribution in [2.75, 3.05) is 19.4 Å². The first kappa shape index (κ1) is 15.7. The third kappa shape index (κ3) is 3.78. The molecule has 1 N–H and O–H groups in total. The molecule has 1 unspecified atom stereocenters. The Kier molecular flexibility index (Phi) is 5.08. The smallest absolute Gasteiger partial charge is 0.242 e. The van der Waals surface area contributed by atoms with Crippen LogP contribution in [-0.2, 0) is 14.8 Å². The number of hydrogen-bond donors (Lipinski definition) is 1. The first-order valence-corrected chi connectivity index (χ1v) is 7.56. The molecule has 19 heavy (non-hydrogen) atoms. The molecule has 106 valence electrons. The number of carbonyl (C=O) groups is 1. The van der Waals surface area contributed by atoms with Crippen molar-refractivity contribution in [1.82, 2.24) is 4.31 Å². The van der Waals surface area contributed by atoms with E-state index in [1.54, 1.807) is 12.1 Å². The number of benzene rings is 1. The molecule has 0 saturated carbocycles. The summed E-state index contributed by atoms with van der Waals surface area (Å²) in [6.45, 7) is 3.79. The molecule has 0 fully saturated rings. The molecule has 0 aromatic heterocycles. The number of amides is 1. The van der Waals surface area contributed by atoms with Gasteiger partial charge in [-0.15, -0.1) is 0 Å². The molecule has 6 heteroatoms. The lowest BCUT2D eigenvalue weighted by molar-refractivity contribution is -0.119. The van der Waals surface area contributed by atoms with E-state index in [4.69, 9.17) is 0 Å². The maximum absolute atomic E-state index is 11.9. The standard InChI is InChI=1S/C13H20N2O3S/c1-5-10(2)13(16)14-11-6-8-12(9-7-11)19(17,18)15(3)4/h6-10H,5H2,1-4H3,(H,14,16). The van der Waals surface area contributed by atoms with E-state index in [2.05, 4.69) is 5.32 Å². The van der Waals surface area contributed by atoms with Gasteiger partial charge in [0.05, 0.1) is 4.90 Å². The molecule has 0 radical (unpaired) electrons. The summed E-state index contributed by atoms with van der Waals surface area (Å²) in [4.78, 5) is 11.9. The van der Waals surface area contributed by atoms with Crippen LogP contribution in [0.3, 0.4) is 0 Å². The predicted octanol–water partition coefficient (Wildman–Crippen LogP) is 1.92. The van der Waals surface area contributed by atoms with Gasteiger partial charge in [0.25, 0.3) is 0 Å². The van der Waals surface area contributed by atoms with Crippen molar-refractivity contribution in [3.63, 3.8) is 0 Å². The average Bonchev–Trinajstić information content (AvgIpc) is 2.38. The second-order valence-corrected chi connectivity index (χ2v) is 6.76. The van der Waals surface area contributed by atoms with Gasteiger partial charge in [0.2, 0.25) is 15.9 Å². The fourth-order valence-electron chi connectivity index (χ4n) is 1.37. The van der Waals surface area contributed by atoms with E-state index in [9.17, 15) is 13.2 Å². The van der Waals surface area contributed by atoms with Crippen molar-refractivity contribution in [3.05, 3.63) is 24.3 Å². The van der Waals surface area contributed by atoms with Crippen LogP contribution in [0.15, 0.2) is 29.2 Å². The molecular formula is C13H20N2O3S. The molecule has 0 aliphatic heterocycles. The van der Waals surface area contributed by atoms with Gasteiger partial charge in [-0.05, 0) is 30.7 Å². The van der Waals surface area contributed by atoms with Crippen molar-refractivity contribution >= 4 is 21.6 Å². The minimum Gasteiger partial charge on any atom is -0.326 e. The van der Waals surface area contributed by atoms with Crippen LogP contribution in [-0.4, -0.2) is 32.7 Å². The van der Waals surface area contributed by atoms with Crippen LogP contribution in [0.25, 0.3) is 0 Å². The van der Waals surface area contributed by atoms with Crippen LogP contribution in [0.4, 0.5) is 5.69 Å². The highest BCUT2D eigenvalue weighted by molar-refractivity contribution is 7.89. The Bertz CT molecular complexity index is 536. The van der Waals surface area contributed by atoms with Crippen molar-refractivity contribution in [2.24, 2.45) is 5.92 Å². The Hall–Kier alpha value is -1.40. The van der Waals surface area contributed by atoms with Crippen LogP contribution < -0.4 is 5.32 Å². The van der Waals surface area contributed by atoms with Gasteiger partial charge in [-0.25, -0.2) is 12.7 Å². The van der Waals surface area contributed by atoms with Crippen LogP contribution in [0, 0.1) is 5.92 Å². The quantitative estimate of drug-likeness (QED) is 0.898. The number of nitrogens with one attached hydrogen (secondary N) is 1. The summed E-state index contributed by atoms with van der Waals surface area (Å²) in [5, 5.41) is 2.75. The van der Waals surface area contributed by atoms with Crippen LogP contribution >= 0.6 is 0 Å². The zero-order valence-electron chi connectivity index (χ0n) is 11.7. The monoisotopic (exact) mass is 284 g/mol. The first-order valence-electron chi connectivity index (χ1n) is 6.12. The average molecular weight is 284 g/mol. The van der Waals surface area contributed by atoms with E-state index >= 15 is 0 Å². The zero-order valence-corrected chi connectivity index (χ0v) is 12.5. The summed E-state index contributed by atoms with van der Waals surface area (Å²) < 4.78 is 24.9. The molecule has 1 atom stereocenters. The Morgan fingerprint density at radius 2 is 1.79 bits per heavy atom. The molecule has 0 bridgehead atoms. The lowest BCUT2D eigenvalue weighted by Gasteiger charge is -2.13. The SMILES string of the molecule is CCC(C)C(=O)Nc1ccc(S(=O)(=O)N(C)C)cc1. The molecule has 0 saturated heterocycles. The van der Waals surface area contributed by atoms with Crippen molar-refractivity contribution in [3.8, 4) is 0 Å². The molecule has 0 spiro atoms. The van der Waals surface area contributed by atoms with Gasteiger partial charge >= 0.3 is 0 Å². The number of nitrogens with zero attached hydrogens (tertiary/aromatic N) is 1. The Morgan fingerprint density at radius 1 is 1.26 bits per heavy atom. The molecule has 1 aromatic rings. The van der Waals surface area contributed by atoms with Gasteiger partial charge < -0.3 is 5.32 Å². The summed E-state index contributed by atoms with van der Waals surface area (Å²) in [5.41, 5.74) is 0.600. The normalized spacial score (nSPS) is 13.3. The molecular weight excluding hydrogens is 264 g/mol. The zero-order chi connectivity index (χ0) is 14.6. The van der Waals surface area contributed by atoms with Crippen LogP contribution in [0.2, 0.25) is 0 Å². The third-order valence-electron chi connectivity index (χ3n) is 2.96. The van der Waals surface area contributed by atoms with Gasteiger partial charge in [0.15, 0.2) is 0 Å². The highest BCUT2D eigenvalue weighted by atomic mass is 32.2. The largest absolute Gasteiger partial charge is 0.326 e. The molecule has 1 rings (SSSR count). The highest BCUT2D eigenvalue weighted by Crippen LogP contribution is 2.17. The maximum atomic E-state index is 11.9.